The number of aliphatic carboxylic acids is 1. The van der Waals surface area contributed by atoms with Crippen LogP contribution in [-0.4, -0.2) is 23.2 Å². The van der Waals surface area contributed by atoms with Gasteiger partial charge in [-0.15, -0.1) is 0 Å². The SMILES string of the molecule is O=C(O)C12OC1O2. The van der Waals surface area contributed by atoms with E-state index in [1.165, 1.54) is 0 Å². The largest absolute Gasteiger partial charge is 0.477 e. The molecular weight excluding hydrogens is 100 g/mol. The Hall–Kier alpha value is -0.610. The fourth-order valence-electron chi connectivity index (χ4n) is 0.460. The zero-order valence-corrected chi connectivity index (χ0v) is 3.25. The number of hydrogen-bond donors (Lipinski definition) is 1. The van der Waals surface area contributed by atoms with Crippen LogP contribution in [0.15, 0.2) is 0 Å². The molecule has 4 nitrogen and oxygen atoms in total. The van der Waals surface area contributed by atoms with Crippen molar-refractivity contribution in [2.45, 2.75) is 12.1 Å². The number of fused-ring (bicyclic) bond motifs is 1. The Morgan fingerprint density at radius 2 is 2.14 bits per heavy atom. The van der Waals surface area contributed by atoms with Crippen LogP contribution in [0.5, 0.6) is 0 Å². The number of carboxylic acids is 1. The Labute approximate surface area is 38.6 Å². The summed E-state index contributed by atoms with van der Waals surface area (Å²) in [6.07, 6.45) is -0.412. The van der Waals surface area contributed by atoms with Crippen LogP contribution in [-0.2, 0) is 14.3 Å². The molecule has 0 bridgehead atoms. The minimum atomic E-state index is -1.17. The number of carbonyl (C=O) groups is 1. The highest BCUT2D eigenvalue weighted by molar-refractivity contribution is 5.82. The van der Waals surface area contributed by atoms with Gasteiger partial charge in [0.15, 0.2) is 0 Å². The lowest BCUT2D eigenvalue weighted by molar-refractivity contribution is -0.159. The van der Waals surface area contributed by atoms with Gasteiger partial charge >= 0.3 is 11.8 Å². The van der Waals surface area contributed by atoms with E-state index in [4.69, 9.17) is 5.11 Å². The van der Waals surface area contributed by atoms with Crippen molar-refractivity contribution in [2.24, 2.45) is 0 Å². The highest BCUT2D eigenvalue weighted by Crippen LogP contribution is 2.55. The molecule has 2 fully saturated rings. The smallest absolute Gasteiger partial charge is 0.370 e. The highest BCUT2D eigenvalue weighted by Gasteiger charge is 2.83. The van der Waals surface area contributed by atoms with Gasteiger partial charge in [-0.2, -0.15) is 0 Å². The Kier molecular flexibility index (Phi) is 0.281. The van der Waals surface area contributed by atoms with Gasteiger partial charge in [-0.05, 0) is 0 Å². The van der Waals surface area contributed by atoms with E-state index in [0.717, 1.165) is 0 Å². The lowest BCUT2D eigenvalue weighted by Gasteiger charge is -1.87. The van der Waals surface area contributed by atoms with E-state index in [0.29, 0.717) is 0 Å². The molecule has 1 N–H and O–H groups in total. The summed E-state index contributed by atoms with van der Waals surface area (Å²) in [6, 6.07) is 0. The fourth-order valence-corrected chi connectivity index (χ4v) is 0.460. The van der Waals surface area contributed by atoms with Crippen molar-refractivity contribution >= 4 is 5.97 Å². The van der Waals surface area contributed by atoms with Crippen molar-refractivity contribution in [3.05, 3.63) is 0 Å². The number of epoxide rings is 2. The molecule has 2 rings (SSSR count). The maximum atomic E-state index is 9.88. The minimum absolute atomic E-state index is 0.412. The first-order valence-corrected chi connectivity index (χ1v) is 1.85. The summed E-state index contributed by atoms with van der Waals surface area (Å²) in [6.45, 7) is 0. The van der Waals surface area contributed by atoms with Crippen LogP contribution < -0.4 is 0 Å². The first-order chi connectivity index (χ1) is 3.26. The van der Waals surface area contributed by atoms with E-state index in [2.05, 4.69) is 9.47 Å². The van der Waals surface area contributed by atoms with Crippen molar-refractivity contribution in [1.82, 2.24) is 0 Å². The molecule has 0 aromatic heterocycles. The summed E-state index contributed by atoms with van der Waals surface area (Å²) < 4.78 is 8.87. The van der Waals surface area contributed by atoms with Crippen LogP contribution in [0.1, 0.15) is 0 Å². The summed E-state index contributed by atoms with van der Waals surface area (Å²) in [7, 11) is 0. The van der Waals surface area contributed by atoms with Gasteiger partial charge in [0.25, 0.3) is 0 Å². The van der Waals surface area contributed by atoms with Gasteiger partial charge in [-0.3, -0.25) is 0 Å². The third kappa shape index (κ3) is 0.205. The molecular formula is C3H2O4. The van der Waals surface area contributed by atoms with Crippen molar-refractivity contribution in [3.63, 3.8) is 0 Å². The molecule has 2 saturated heterocycles. The average molecular weight is 102 g/mol. The number of hydrogen-bond acceptors (Lipinski definition) is 3. The van der Waals surface area contributed by atoms with Gasteiger partial charge in [0.1, 0.15) is 0 Å². The Balaban J connectivity index is 2.22. The molecule has 0 spiro atoms. The monoisotopic (exact) mass is 102 g/mol. The highest BCUT2D eigenvalue weighted by atomic mass is 17.0. The van der Waals surface area contributed by atoms with Gasteiger partial charge < -0.3 is 14.6 Å². The minimum Gasteiger partial charge on any atom is -0.477 e. The first-order valence-electron chi connectivity index (χ1n) is 1.85. The predicted octanol–water partition coefficient (Wildman–Crippen LogP) is -0.846. The van der Waals surface area contributed by atoms with Gasteiger partial charge in [0.05, 0.1) is 0 Å². The average Bonchev–Trinajstić information content (AvgIpc) is 2.04. The molecule has 0 aromatic rings. The van der Waals surface area contributed by atoms with E-state index in [1.54, 1.807) is 0 Å². The summed E-state index contributed by atoms with van der Waals surface area (Å²) in [4.78, 5) is 9.88. The zero-order chi connectivity index (χ0) is 5.07. The Morgan fingerprint density at radius 1 is 1.71 bits per heavy atom. The second kappa shape index (κ2) is 0.579. The van der Waals surface area contributed by atoms with Crippen molar-refractivity contribution < 1.29 is 19.4 Å². The zero-order valence-electron chi connectivity index (χ0n) is 3.25. The molecule has 0 aliphatic carbocycles. The first kappa shape index (κ1) is 3.40. The lowest BCUT2D eigenvalue weighted by atomic mass is 10.5. The lowest BCUT2D eigenvalue weighted by Crippen LogP contribution is -2.13. The van der Waals surface area contributed by atoms with Crippen LogP contribution in [0.3, 0.4) is 0 Å². The molecule has 2 aliphatic rings. The molecule has 38 valence electrons. The number of rotatable bonds is 1. The molecule has 0 radical (unpaired) electrons. The number of carboxylic acid groups (broad SMARTS) is 1. The van der Waals surface area contributed by atoms with E-state index in [1.807, 2.05) is 0 Å². The van der Waals surface area contributed by atoms with Crippen LogP contribution in [0.25, 0.3) is 0 Å². The van der Waals surface area contributed by atoms with Crippen molar-refractivity contribution in [2.75, 3.05) is 0 Å². The third-order valence-corrected chi connectivity index (χ3v) is 1.06. The van der Waals surface area contributed by atoms with E-state index < -0.39 is 18.0 Å². The van der Waals surface area contributed by atoms with Crippen LogP contribution in [0, 0.1) is 0 Å². The maximum absolute atomic E-state index is 9.88. The molecule has 0 saturated carbocycles. The van der Waals surface area contributed by atoms with Crippen LogP contribution in [0.2, 0.25) is 0 Å². The summed E-state index contributed by atoms with van der Waals surface area (Å²) in [5.74, 6) is -2.18. The van der Waals surface area contributed by atoms with Gasteiger partial charge in [-0.1, -0.05) is 0 Å². The van der Waals surface area contributed by atoms with Gasteiger partial charge in [0, 0.05) is 0 Å². The van der Waals surface area contributed by atoms with E-state index >= 15 is 0 Å². The molecule has 7 heavy (non-hydrogen) atoms. The summed E-state index contributed by atoms with van der Waals surface area (Å²) in [5.41, 5.74) is 0. The van der Waals surface area contributed by atoms with Crippen LogP contribution in [0.4, 0.5) is 0 Å². The molecule has 0 amide bonds. The third-order valence-electron chi connectivity index (χ3n) is 1.06. The normalized spacial score (nSPS) is 52.9. The second-order valence-corrected chi connectivity index (χ2v) is 1.54. The second-order valence-electron chi connectivity index (χ2n) is 1.54. The summed E-state index contributed by atoms with van der Waals surface area (Å²) >= 11 is 0. The summed E-state index contributed by atoms with van der Waals surface area (Å²) in [5, 5.41) is 8.10. The fraction of sp³-hybridized carbons (Fsp3) is 0.667. The molecule has 0 unspecified atom stereocenters. The van der Waals surface area contributed by atoms with E-state index in [9.17, 15) is 4.79 Å². The van der Waals surface area contributed by atoms with Gasteiger partial charge in [0.2, 0.25) is 6.29 Å². The molecule has 0 aromatic carbocycles. The van der Waals surface area contributed by atoms with Crippen molar-refractivity contribution in [3.8, 4) is 0 Å². The van der Waals surface area contributed by atoms with E-state index in [-0.39, 0.29) is 0 Å². The Morgan fingerprint density at radius 3 is 2.14 bits per heavy atom. The molecule has 2 aliphatic heterocycles. The maximum Gasteiger partial charge on any atom is 0.370 e. The molecule has 0 atom stereocenters. The Bertz CT molecular complexity index is 134. The quantitative estimate of drug-likeness (QED) is 0.438. The number of ether oxygens (including phenoxy) is 2. The van der Waals surface area contributed by atoms with Gasteiger partial charge in [-0.25, -0.2) is 4.79 Å². The standard InChI is InChI=1S/C3H2O4/c4-1(5)3-2(6-3)7-3/h2H,(H,4,5). The van der Waals surface area contributed by atoms with Crippen LogP contribution >= 0.6 is 0 Å². The topological polar surface area (TPSA) is 62.4 Å². The molecule has 4 heteroatoms. The van der Waals surface area contributed by atoms with Crippen molar-refractivity contribution in [1.29, 1.82) is 0 Å². The predicted molar refractivity (Wildman–Crippen MR) is 16.3 cm³/mol. The molecule has 2 heterocycles.